The van der Waals surface area contributed by atoms with Gasteiger partial charge in [-0.2, -0.15) is 5.10 Å². The molecular weight excluding hydrogens is 1100 g/mol. The molecule has 85 heavy (non-hydrogen) atoms. The van der Waals surface area contributed by atoms with Gasteiger partial charge in [0.15, 0.2) is 28.7 Å². The lowest BCUT2D eigenvalue weighted by Crippen LogP contribution is -2.48. The fourth-order valence-electron chi connectivity index (χ4n) is 13.1. The largest absolute Gasteiger partial charge is 0.507 e. The fourth-order valence-corrected chi connectivity index (χ4v) is 13.9. The van der Waals surface area contributed by atoms with Crippen LogP contribution in [0.1, 0.15) is 127 Å². The number of thiazole rings is 1. The summed E-state index contributed by atoms with van der Waals surface area (Å²) in [6.45, 7) is 18.5. The minimum absolute atomic E-state index is 0.0831. The minimum atomic E-state index is -0.804. The van der Waals surface area contributed by atoms with Crippen molar-refractivity contribution in [2.45, 2.75) is 154 Å². The molecule has 5 aromatic heterocycles. The molecule has 1 aliphatic carbocycles. The molecule has 1 unspecified atom stereocenters. The number of carbonyl (C=O) groups excluding carboxylic acids is 2. The van der Waals surface area contributed by atoms with Crippen molar-refractivity contribution in [2.75, 3.05) is 67.5 Å². The third-order valence-electron chi connectivity index (χ3n) is 17.9. The van der Waals surface area contributed by atoms with Crippen molar-refractivity contribution >= 4 is 51.8 Å². The molecule has 2 amide bonds. The number of benzene rings is 2. The Balaban J connectivity index is 0.553. The molecule has 4 N–H and O–H groups in total. The van der Waals surface area contributed by atoms with Crippen LogP contribution >= 0.6 is 11.3 Å². The quantitative estimate of drug-likeness (QED) is 0.0591. The minimum Gasteiger partial charge on any atom is -0.507 e. The van der Waals surface area contributed by atoms with Gasteiger partial charge in [-0.25, -0.2) is 15.0 Å². The number of hydrogen-bond donors (Lipinski definition) is 4. The molecular formula is C63H80N14O7S. The smallest absolute Gasteiger partial charge is 0.243 e. The molecule has 7 aromatic rings. The maximum atomic E-state index is 14.4. The van der Waals surface area contributed by atoms with Crippen LogP contribution in [0.3, 0.4) is 0 Å². The zero-order chi connectivity index (χ0) is 58.9. The molecule has 5 fully saturated rings. The Kier molecular flexibility index (Phi) is 17.3. The van der Waals surface area contributed by atoms with Crippen molar-refractivity contribution in [3.63, 3.8) is 0 Å². The number of aryl methyl sites for hydroxylation is 1. The highest BCUT2D eigenvalue weighted by atomic mass is 32.1. The number of amides is 2. The van der Waals surface area contributed by atoms with Crippen LogP contribution in [0.25, 0.3) is 32.7 Å². The van der Waals surface area contributed by atoms with Crippen LogP contribution in [0, 0.1) is 18.8 Å². The van der Waals surface area contributed by atoms with E-state index in [9.17, 15) is 19.8 Å². The number of carbonyl (C=O) groups is 2. The number of phenolic OH excluding ortho intramolecular Hbond substituents is 1. The second-order valence-electron chi connectivity index (χ2n) is 24.7. The molecule has 1 saturated carbocycles. The number of phenols is 1. The molecule has 4 saturated heterocycles. The Bertz CT molecular complexity index is 3400. The summed E-state index contributed by atoms with van der Waals surface area (Å²) in [5.41, 5.74) is 7.68. The third-order valence-corrected chi connectivity index (χ3v) is 18.9. The first kappa shape index (κ1) is 58.1. The van der Waals surface area contributed by atoms with Crippen LogP contribution in [0.15, 0.2) is 83.1 Å². The Morgan fingerprint density at radius 2 is 1.55 bits per heavy atom. The van der Waals surface area contributed by atoms with E-state index in [-0.39, 0.29) is 72.9 Å². The molecule has 12 rings (SSSR count). The first-order valence-electron chi connectivity index (χ1n) is 30.6. The van der Waals surface area contributed by atoms with E-state index >= 15 is 0 Å². The summed E-state index contributed by atoms with van der Waals surface area (Å²) >= 11 is 1.60. The van der Waals surface area contributed by atoms with Gasteiger partial charge in [-0.1, -0.05) is 55.4 Å². The number of aliphatic hydroxyl groups excluding tert-OH is 1. The van der Waals surface area contributed by atoms with Gasteiger partial charge in [-0.3, -0.25) is 14.3 Å². The third kappa shape index (κ3) is 13.0. The average Bonchev–Trinajstić information content (AvgIpc) is 3.39. The fraction of sp³-hybridized carbons (Fsp3) is 0.540. The second-order valence-corrected chi connectivity index (χ2v) is 25.6. The molecule has 0 spiro atoms. The van der Waals surface area contributed by atoms with Crippen molar-refractivity contribution in [2.24, 2.45) is 11.8 Å². The van der Waals surface area contributed by atoms with Gasteiger partial charge in [0.2, 0.25) is 17.8 Å². The predicted octanol–water partition coefficient (Wildman–Crippen LogP) is 8.96. The van der Waals surface area contributed by atoms with E-state index in [1.807, 2.05) is 81.7 Å². The molecule has 0 radical (unpaired) electrons. The van der Waals surface area contributed by atoms with Crippen LogP contribution in [-0.2, 0) is 14.3 Å². The average molecular weight is 1180 g/mol. The Hall–Kier alpha value is -7.27. The number of fused-ring (bicyclic) bond motifs is 1. The van der Waals surface area contributed by atoms with Crippen LogP contribution < -0.4 is 25.2 Å². The molecule has 2 aromatic carbocycles. The van der Waals surface area contributed by atoms with E-state index in [1.54, 1.807) is 35.9 Å². The van der Waals surface area contributed by atoms with E-state index in [2.05, 4.69) is 64.2 Å². The normalized spacial score (nSPS) is 21.9. The van der Waals surface area contributed by atoms with Crippen LogP contribution in [0.5, 0.6) is 11.5 Å². The Morgan fingerprint density at radius 3 is 2.25 bits per heavy atom. The van der Waals surface area contributed by atoms with Gasteiger partial charge in [-0.15, -0.1) is 21.5 Å². The molecule has 4 atom stereocenters. The molecule has 450 valence electrons. The summed E-state index contributed by atoms with van der Waals surface area (Å²) in [6, 6.07) is 18.4. The first-order chi connectivity index (χ1) is 41.2. The van der Waals surface area contributed by atoms with Crippen molar-refractivity contribution in [3.05, 3.63) is 95.6 Å². The second kappa shape index (κ2) is 25.4. The molecule has 5 aliphatic rings. The number of rotatable bonds is 19. The highest BCUT2D eigenvalue weighted by Crippen LogP contribution is 2.38. The van der Waals surface area contributed by atoms with Gasteiger partial charge in [0, 0.05) is 89.3 Å². The monoisotopic (exact) mass is 1180 g/mol. The molecule has 0 bridgehead atoms. The van der Waals surface area contributed by atoms with Gasteiger partial charge >= 0.3 is 0 Å². The lowest BCUT2D eigenvalue weighted by atomic mass is 9.91. The lowest BCUT2D eigenvalue weighted by molar-refractivity contribution is -0.141. The highest BCUT2D eigenvalue weighted by Gasteiger charge is 2.44. The van der Waals surface area contributed by atoms with E-state index in [0.717, 1.165) is 130 Å². The van der Waals surface area contributed by atoms with Crippen molar-refractivity contribution in [1.29, 1.82) is 0 Å². The van der Waals surface area contributed by atoms with E-state index < -0.39 is 18.1 Å². The number of nitrogens with zero attached hydrogens (tertiary/aromatic N) is 12. The van der Waals surface area contributed by atoms with E-state index in [0.29, 0.717) is 46.0 Å². The van der Waals surface area contributed by atoms with Gasteiger partial charge in [0.1, 0.15) is 23.8 Å². The van der Waals surface area contributed by atoms with E-state index in [4.69, 9.17) is 29.1 Å². The molecule has 21 nitrogen and oxygen atoms in total. The van der Waals surface area contributed by atoms with Gasteiger partial charge < -0.3 is 54.4 Å². The van der Waals surface area contributed by atoms with Crippen LogP contribution in [0.2, 0.25) is 0 Å². The summed E-state index contributed by atoms with van der Waals surface area (Å²) in [7, 11) is 0. The number of aliphatic hydroxyl groups is 1. The summed E-state index contributed by atoms with van der Waals surface area (Å²) in [4.78, 5) is 51.8. The molecule has 9 heterocycles. The maximum absolute atomic E-state index is 14.4. The van der Waals surface area contributed by atoms with E-state index in [1.165, 1.54) is 4.90 Å². The standard InChI is InChI=1S/C63H80N14O7S/c1-37(2)57(62(81)76-35-45(78)27-53(76)61(80)68-39(5)42-11-13-43(14-12-42)59-40(6)66-36-85-59)55-31-56(72-84-55)74-23-15-41(16-24-74)34-73-21-19-46(20-22-73)82-47-28-48(29-47)83-49-32-64-63(65-33-49)75-25-17-44(18-26-75)77-52-30-51(50-9-7-8-10-54(50)79)69-70-58(52)60(71-77)67-38(3)4/h7-14,30-33,36-39,41,44-48,53,57,78-79H,15-29,34-35H2,1-6H3,(H,67,71)(H,68,80)/t39-,45+,47?,48?,53-,57?/m0/s1. The lowest BCUT2D eigenvalue weighted by Gasteiger charge is -2.41. The maximum Gasteiger partial charge on any atom is 0.243 e. The number of anilines is 3. The van der Waals surface area contributed by atoms with Crippen molar-refractivity contribution in [1.82, 2.24) is 55.2 Å². The predicted molar refractivity (Wildman–Crippen MR) is 326 cm³/mol. The number of aromatic nitrogens is 8. The summed E-state index contributed by atoms with van der Waals surface area (Å²) in [5.74, 6) is 2.73. The highest BCUT2D eigenvalue weighted by molar-refractivity contribution is 7.13. The zero-order valence-corrected chi connectivity index (χ0v) is 50.4. The van der Waals surface area contributed by atoms with Crippen molar-refractivity contribution < 1.29 is 33.8 Å². The number of hydrogen-bond acceptors (Lipinski definition) is 19. The number of ether oxygens (including phenoxy) is 2. The zero-order valence-electron chi connectivity index (χ0n) is 49.6. The number of aromatic hydroxyl groups is 1. The van der Waals surface area contributed by atoms with Crippen LogP contribution in [0.4, 0.5) is 17.6 Å². The number of nitrogens with one attached hydrogen (secondary N) is 2. The first-order valence-corrected chi connectivity index (χ1v) is 31.5. The Labute approximate surface area is 500 Å². The van der Waals surface area contributed by atoms with Gasteiger partial charge in [-0.05, 0) is 107 Å². The number of β-amino-alcohol motifs (C(OH)–C–C–N with tert-alkyl or cyclic N) is 1. The van der Waals surface area contributed by atoms with Crippen LogP contribution in [-0.4, -0.2) is 161 Å². The Morgan fingerprint density at radius 1 is 0.824 bits per heavy atom. The molecule has 4 aliphatic heterocycles. The summed E-state index contributed by atoms with van der Waals surface area (Å²) in [5, 5.41) is 46.5. The van der Waals surface area contributed by atoms with Gasteiger partial charge in [0.25, 0.3) is 0 Å². The summed E-state index contributed by atoms with van der Waals surface area (Å²) in [6.07, 6.45) is 11.1. The molecule has 22 heteroatoms. The topological polar surface area (TPSA) is 238 Å². The van der Waals surface area contributed by atoms with Crippen molar-refractivity contribution in [3.8, 4) is 33.2 Å². The van der Waals surface area contributed by atoms with Gasteiger partial charge in [0.05, 0.1) is 70.1 Å². The number of piperidine rings is 3. The number of likely N-dealkylation sites (tertiary alicyclic amines) is 2. The summed E-state index contributed by atoms with van der Waals surface area (Å²) < 4.78 is 20.9. The SMILES string of the molecule is Cc1ncsc1-c1ccc([C@H](C)NC(=O)[C@@H]2C[C@@H](O)CN2C(=O)C(c2cc(N3CCC(CN4CCC(OC5CC(Oc6cnc(N7CCC(n8nc(NC(C)C)c9nnc(-c%10ccccc%10O)cc98)CC7)nc6)C5)CC4)CC3)no2)C(C)C)cc1. The number of para-hydroxylation sites is 1.